The fourth-order valence-electron chi connectivity index (χ4n) is 3.28. The first-order valence-electron chi connectivity index (χ1n) is 8.34. The predicted molar refractivity (Wildman–Crippen MR) is 101 cm³/mol. The fourth-order valence-corrected chi connectivity index (χ4v) is 3.28. The SMILES string of the molecule is COc1cccc(Nc2cc(-c3ccc(N)c4c3CCC4=O)ncn2)c1. The summed E-state index contributed by atoms with van der Waals surface area (Å²) >= 11 is 0. The van der Waals surface area contributed by atoms with Gasteiger partial charge in [-0.3, -0.25) is 4.79 Å². The van der Waals surface area contributed by atoms with Gasteiger partial charge in [0, 0.05) is 41.1 Å². The number of benzene rings is 2. The molecule has 6 nitrogen and oxygen atoms in total. The minimum atomic E-state index is 0.100. The van der Waals surface area contributed by atoms with E-state index in [2.05, 4.69) is 15.3 Å². The monoisotopic (exact) mass is 346 g/mol. The van der Waals surface area contributed by atoms with Gasteiger partial charge in [0.1, 0.15) is 17.9 Å². The number of ketones is 1. The summed E-state index contributed by atoms with van der Waals surface area (Å²) in [6.07, 6.45) is 2.70. The van der Waals surface area contributed by atoms with E-state index in [0.29, 0.717) is 29.9 Å². The van der Waals surface area contributed by atoms with Crippen molar-refractivity contribution in [3.05, 3.63) is 59.9 Å². The van der Waals surface area contributed by atoms with Gasteiger partial charge in [0.2, 0.25) is 0 Å². The lowest BCUT2D eigenvalue weighted by Gasteiger charge is -2.11. The Labute approximate surface area is 151 Å². The van der Waals surface area contributed by atoms with Crippen molar-refractivity contribution in [3.8, 4) is 17.0 Å². The number of nitrogens with one attached hydrogen (secondary N) is 1. The summed E-state index contributed by atoms with van der Waals surface area (Å²) in [5, 5.41) is 3.25. The number of methoxy groups -OCH3 is 1. The van der Waals surface area contributed by atoms with Crippen molar-refractivity contribution in [2.45, 2.75) is 12.8 Å². The first-order valence-corrected chi connectivity index (χ1v) is 8.34. The molecular weight excluding hydrogens is 328 g/mol. The highest BCUT2D eigenvalue weighted by atomic mass is 16.5. The molecule has 0 aliphatic heterocycles. The third kappa shape index (κ3) is 2.86. The molecule has 0 unspecified atom stereocenters. The van der Waals surface area contributed by atoms with E-state index in [0.717, 1.165) is 28.3 Å². The van der Waals surface area contributed by atoms with Gasteiger partial charge in [0.05, 0.1) is 12.8 Å². The smallest absolute Gasteiger partial charge is 0.165 e. The van der Waals surface area contributed by atoms with Crippen LogP contribution in [0.25, 0.3) is 11.3 Å². The topological polar surface area (TPSA) is 90.1 Å². The molecule has 0 amide bonds. The highest BCUT2D eigenvalue weighted by Gasteiger charge is 2.25. The summed E-state index contributed by atoms with van der Waals surface area (Å²) in [7, 11) is 1.63. The van der Waals surface area contributed by atoms with E-state index < -0.39 is 0 Å². The molecule has 0 atom stereocenters. The Morgan fingerprint density at radius 2 is 2.00 bits per heavy atom. The normalized spacial score (nSPS) is 12.7. The van der Waals surface area contributed by atoms with Crippen LogP contribution in [0.1, 0.15) is 22.3 Å². The van der Waals surface area contributed by atoms with Crippen LogP contribution in [0, 0.1) is 0 Å². The summed E-state index contributed by atoms with van der Waals surface area (Å²) in [6, 6.07) is 13.2. The van der Waals surface area contributed by atoms with Crippen LogP contribution in [0.5, 0.6) is 5.75 Å². The molecule has 1 aliphatic carbocycles. The number of rotatable bonds is 4. The average Bonchev–Trinajstić information content (AvgIpc) is 3.05. The van der Waals surface area contributed by atoms with Gasteiger partial charge in [-0.1, -0.05) is 12.1 Å². The molecule has 4 rings (SSSR count). The maximum Gasteiger partial charge on any atom is 0.165 e. The Bertz CT molecular complexity index is 1000. The lowest BCUT2D eigenvalue weighted by atomic mass is 9.99. The van der Waals surface area contributed by atoms with Crippen LogP contribution in [0.15, 0.2) is 48.8 Å². The summed E-state index contributed by atoms with van der Waals surface area (Å²) < 4.78 is 5.24. The first-order chi connectivity index (χ1) is 12.7. The van der Waals surface area contributed by atoms with Gasteiger partial charge < -0.3 is 15.8 Å². The molecule has 6 heteroatoms. The van der Waals surface area contributed by atoms with Gasteiger partial charge in [-0.25, -0.2) is 9.97 Å². The zero-order chi connectivity index (χ0) is 18.1. The molecule has 1 heterocycles. The standard InChI is InChI=1S/C20H18N4O2/c1-26-13-4-2-3-12(9-13)24-19-10-17(22-11-23-19)14-5-7-16(21)20-15(14)6-8-18(20)25/h2-5,7,9-11H,6,8,21H2,1H3,(H,22,23,24). The van der Waals surface area contributed by atoms with E-state index in [-0.39, 0.29) is 5.78 Å². The van der Waals surface area contributed by atoms with E-state index in [1.54, 1.807) is 13.2 Å². The Kier molecular flexibility index (Phi) is 4.01. The van der Waals surface area contributed by atoms with Gasteiger partial charge in [0.15, 0.2) is 5.78 Å². The number of hydrogen-bond acceptors (Lipinski definition) is 6. The van der Waals surface area contributed by atoms with E-state index in [4.69, 9.17) is 10.5 Å². The van der Waals surface area contributed by atoms with E-state index >= 15 is 0 Å². The number of anilines is 3. The molecule has 2 aromatic carbocycles. The Balaban J connectivity index is 1.70. The van der Waals surface area contributed by atoms with Gasteiger partial charge in [-0.2, -0.15) is 0 Å². The lowest BCUT2D eigenvalue weighted by molar-refractivity contribution is 0.0995. The van der Waals surface area contributed by atoms with Crippen molar-refractivity contribution in [2.24, 2.45) is 0 Å². The molecule has 0 radical (unpaired) electrons. The first kappa shape index (κ1) is 16.1. The summed E-state index contributed by atoms with van der Waals surface area (Å²) in [4.78, 5) is 20.8. The number of carbonyl (C=O) groups is 1. The lowest BCUT2D eigenvalue weighted by Crippen LogP contribution is -2.01. The quantitative estimate of drug-likeness (QED) is 0.702. The molecule has 26 heavy (non-hydrogen) atoms. The number of hydrogen-bond donors (Lipinski definition) is 2. The number of nitrogen functional groups attached to an aromatic ring is 1. The van der Waals surface area contributed by atoms with Crippen LogP contribution in [-0.2, 0) is 6.42 Å². The maximum atomic E-state index is 12.1. The zero-order valence-electron chi connectivity index (χ0n) is 14.3. The maximum absolute atomic E-state index is 12.1. The van der Waals surface area contributed by atoms with Crippen LogP contribution in [0.3, 0.4) is 0 Å². The van der Waals surface area contributed by atoms with Gasteiger partial charge >= 0.3 is 0 Å². The van der Waals surface area contributed by atoms with Crippen LogP contribution in [0.2, 0.25) is 0 Å². The third-order valence-electron chi connectivity index (χ3n) is 4.51. The second-order valence-electron chi connectivity index (χ2n) is 6.12. The molecular formula is C20H18N4O2. The number of ether oxygens (including phenoxy) is 1. The average molecular weight is 346 g/mol. The molecule has 0 saturated carbocycles. The molecule has 0 bridgehead atoms. The number of carbonyl (C=O) groups excluding carboxylic acids is 1. The van der Waals surface area contributed by atoms with E-state index in [1.165, 1.54) is 6.33 Å². The zero-order valence-corrected chi connectivity index (χ0v) is 14.3. The van der Waals surface area contributed by atoms with Gasteiger partial charge in [0.25, 0.3) is 0 Å². The van der Waals surface area contributed by atoms with Crippen molar-refractivity contribution in [1.29, 1.82) is 0 Å². The molecule has 1 aromatic heterocycles. The highest BCUT2D eigenvalue weighted by molar-refractivity contribution is 6.06. The summed E-state index contributed by atoms with van der Waals surface area (Å²) in [6.45, 7) is 0. The molecule has 3 N–H and O–H groups in total. The number of nitrogens with two attached hydrogens (primary N) is 1. The van der Waals surface area contributed by atoms with Crippen LogP contribution >= 0.6 is 0 Å². The minimum Gasteiger partial charge on any atom is -0.497 e. The summed E-state index contributed by atoms with van der Waals surface area (Å²) in [5.74, 6) is 1.53. The van der Waals surface area contributed by atoms with Crippen molar-refractivity contribution < 1.29 is 9.53 Å². The minimum absolute atomic E-state index is 0.100. The van der Waals surface area contributed by atoms with Crippen LogP contribution in [-0.4, -0.2) is 22.9 Å². The number of fused-ring (bicyclic) bond motifs is 1. The molecule has 3 aromatic rings. The predicted octanol–water partition coefficient (Wildman–Crippen LogP) is 3.61. The van der Waals surface area contributed by atoms with Gasteiger partial charge in [-0.05, 0) is 30.2 Å². The second kappa shape index (κ2) is 6.48. The van der Waals surface area contributed by atoms with Crippen LogP contribution in [0.4, 0.5) is 17.2 Å². The molecule has 0 spiro atoms. The van der Waals surface area contributed by atoms with E-state index in [9.17, 15) is 4.79 Å². The van der Waals surface area contributed by atoms with E-state index in [1.807, 2.05) is 36.4 Å². The number of aromatic nitrogens is 2. The molecule has 0 saturated heterocycles. The van der Waals surface area contributed by atoms with Crippen molar-refractivity contribution in [3.63, 3.8) is 0 Å². The number of nitrogens with zero attached hydrogens (tertiary/aromatic N) is 2. The summed E-state index contributed by atoms with van der Waals surface area (Å²) in [5.41, 5.74) is 10.7. The largest absolute Gasteiger partial charge is 0.497 e. The highest BCUT2D eigenvalue weighted by Crippen LogP contribution is 2.35. The van der Waals surface area contributed by atoms with Crippen molar-refractivity contribution >= 4 is 23.0 Å². The second-order valence-corrected chi connectivity index (χ2v) is 6.12. The Morgan fingerprint density at radius 1 is 1.12 bits per heavy atom. The molecule has 0 fully saturated rings. The van der Waals surface area contributed by atoms with Crippen molar-refractivity contribution in [1.82, 2.24) is 9.97 Å². The number of Topliss-reactive ketones (excluding diaryl/α,β-unsaturated/α-hetero) is 1. The Morgan fingerprint density at radius 3 is 2.85 bits per heavy atom. The molecule has 130 valence electrons. The Hall–Kier alpha value is -3.41. The van der Waals surface area contributed by atoms with Crippen molar-refractivity contribution in [2.75, 3.05) is 18.2 Å². The third-order valence-corrected chi connectivity index (χ3v) is 4.51. The molecule has 1 aliphatic rings. The van der Waals surface area contributed by atoms with Gasteiger partial charge in [-0.15, -0.1) is 0 Å². The van der Waals surface area contributed by atoms with Crippen LogP contribution < -0.4 is 15.8 Å². The fraction of sp³-hybridized carbons (Fsp3) is 0.150.